The number of rotatable bonds is 6. The maximum Gasteiger partial charge on any atom is 0.224 e. The zero-order valence-electron chi connectivity index (χ0n) is 12.5. The summed E-state index contributed by atoms with van der Waals surface area (Å²) in [5, 5.41) is 6.15. The Morgan fingerprint density at radius 1 is 1.15 bits per heavy atom. The zero-order chi connectivity index (χ0) is 14.4. The Labute approximate surface area is 120 Å². The number of aromatic nitrogens is 2. The molecule has 2 N–H and O–H groups in total. The van der Waals surface area contributed by atoms with Crippen LogP contribution in [0.4, 0.5) is 16.2 Å². The molecule has 0 spiro atoms. The first-order valence-electron chi connectivity index (χ1n) is 7.73. The summed E-state index contributed by atoms with van der Waals surface area (Å²) in [7, 11) is 0. The third kappa shape index (κ3) is 4.05. The Morgan fingerprint density at radius 2 is 1.85 bits per heavy atom. The quantitative estimate of drug-likeness (QED) is 0.834. The molecule has 1 saturated carbocycles. The molecule has 1 aliphatic carbocycles. The van der Waals surface area contributed by atoms with Gasteiger partial charge in [-0.05, 0) is 31.6 Å². The van der Waals surface area contributed by atoms with E-state index in [1.54, 1.807) is 0 Å². The van der Waals surface area contributed by atoms with Crippen LogP contribution in [0.2, 0.25) is 0 Å². The second-order valence-corrected chi connectivity index (χ2v) is 5.60. The molecule has 0 bridgehead atoms. The number of nitrogens with zero attached hydrogens (tertiary/aromatic N) is 2. The zero-order valence-corrected chi connectivity index (χ0v) is 12.5. The van der Waals surface area contributed by atoms with E-state index in [-0.39, 0.29) is 5.82 Å². The Balaban J connectivity index is 1.86. The van der Waals surface area contributed by atoms with E-state index < -0.39 is 0 Å². The van der Waals surface area contributed by atoms with Crippen molar-refractivity contribution in [3.8, 4) is 0 Å². The standard InChI is InChI=1S/C15H25FN4/c1-3-11-5-7-12(8-6-11)9-18-14-13(16)10-19-15(20-14)17-4-2/h10-12H,3-9H2,1-2H3,(H2,17,18,19,20). The minimum atomic E-state index is -0.381. The fraction of sp³-hybridized carbons (Fsp3) is 0.733. The van der Waals surface area contributed by atoms with Gasteiger partial charge in [0.2, 0.25) is 5.95 Å². The first-order chi connectivity index (χ1) is 9.72. The molecule has 1 aliphatic rings. The molecular formula is C15H25FN4. The van der Waals surface area contributed by atoms with Gasteiger partial charge in [-0.1, -0.05) is 26.2 Å². The largest absolute Gasteiger partial charge is 0.367 e. The normalized spacial score (nSPS) is 22.6. The van der Waals surface area contributed by atoms with Gasteiger partial charge >= 0.3 is 0 Å². The van der Waals surface area contributed by atoms with Crippen LogP contribution in [0.3, 0.4) is 0 Å². The molecule has 112 valence electrons. The second-order valence-electron chi connectivity index (χ2n) is 5.60. The Bertz CT molecular complexity index is 416. The van der Waals surface area contributed by atoms with E-state index in [2.05, 4.69) is 27.5 Å². The lowest BCUT2D eigenvalue weighted by Crippen LogP contribution is -2.22. The molecule has 0 radical (unpaired) electrons. The van der Waals surface area contributed by atoms with Gasteiger partial charge in [0.15, 0.2) is 11.6 Å². The average molecular weight is 280 g/mol. The molecule has 0 saturated heterocycles. The van der Waals surface area contributed by atoms with Crippen molar-refractivity contribution in [2.24, 2.45) is 11.8 Å². The molecule has 0 unspecified atom stereocenters. The summed E-state index contributed by atoms with van der Waals surface area (Å²) < 4.78 is 13.7. The van der Waals surface area contributed by atoms with Gasteiger partial charge in [-0.25, -0.2) is 9.37 Å². The molecule has 1 aromatic rings. The van der Waals surface area contributed by atoms with E-state index in [1.165, 1.54) is 38.3 Å². The van der Waals surface area contributed by atoms with Crippen LogP contribution in [-0.2, 0) is 0 Å². The van der Waals surface area contributed by atoms with Crippen LogP contribution in [0, 0.1) is 17.7 Å². The third-order valence-electron chi connectivity index (χ3n) is 4.18. The summed E-state index contributed by atoms with van der Waals surface area (Å²) in [4.78, 5) is 8.08. The van der Waals surface area contributed by atoms with Gasteiger partial charge < -0.3 is 10.6 Å². The number of nitrogens with one attached hydrogen (secondary N) is 2. The predicted octanol–water partition coefficient (Wildman–Crippen LogP) is 3.68. The van der Waals surface area contributed by atoms with Crippen LogP contribution in [-0.4, -0.2) is 23.1 Å². The van der Waals surface area contributed by atoms with Gasteiger partial charge in [-0.2, -0.15) is 4.98 Å². The highest BCUT2D eigenvalue weighted by atomic mass is 19.1. The number of anilines is 2. The molecule has 1 fully saturated rings. The maximum absolute atomic E-state index is 13.7. The van der Waals surface area contributed by atoms with E-state index in [0.29, 0.717) is 17.7 Å². The highest BCUT2D eigenvalue weighted by Gasteiger charge is 2.20. The van der Waals surface area contributed by atoms with Crippen molar-refractivity contribution in [1.82, 2.24) is 9.97 Å². The first-order valence-corrected chi connectivity index (χ1v) is 7.73. The minimum absolute atomic E-state index is 0.313. The van der Waals surface area contributed by atoms with Crippen molar-refractivity contribution < 1.29 is 4.39 Å². The van der Waals surface area contributed by atoms with E-state index in [4.69, 9.17) is 0 Å². The molecule has 0 amide bonds. The summed E-state index contributed by atoms with van der Waals surface area (Å²) in [6.07, 6.45) is 7.58. The topological polar surface area (TPSA) is 49.8 Å². The lowest BCUT2D eigenvalue weighted by atomic mass is 9.81. The van der Waals surface area contributed by atoms with Gasteiger partial charge in [0.25, 0.3) is 0 Å². The lowest BCUT2D eigenvalue weighted by Gasteiger charge is -2.28. The third-order valence-corrected chi connectivity index (χ3v) is 4.18. The smallest absolute Gasteiger partial charge is 0.224 e. The summed E-state index contributed by atoms with van der Waals surface area (Å²) in [6.45, 7) is 5.76. The summed E-state index contributed by atoms with van der Waals surface area (Å²) >= 11 is 0. The minimum Gasteiger partial charge on any atom is -0.367 e. The molecule has 20 heavy (non-hydrogen) atoms. The molecule has 0 atom stereocenters. The van der Waals surface area contributed by atoms with Crippen molar-refractivity contribution in [1.29, 1.82) is 0 Å². The second kappa shape index (κ2) is 7.41. The fourth-order valence-corrected chi connectivity index (χ4v) is 2.82. The molecule has 1 aromatic heterocycles. The molecule has 0 aromatic carbocycles. The van der Waals surface area contributed by atoms with Crippen LogP contribution in [0.15, 0.2) is 6.20 Å². The van der Waals surface area contributed by atoms with Crippen molar-refractivity contribution in [3.05, 3.63) is 12.0 Å². The van der Waals surface area contributed by atoms with Crippen LogP contribution in [0.1, 0.15) is 46.0 Å². The maximum atomic E-state index is 13.7. The van der Waals surface area contributed by atoms with Gasteiger partial charge in [-0.15, -0.1) is 0 Å². The first kappa shape index (κ1) is 15.0. The molecule has 2 rings (SSSR count). The Hall–Kier alpha value is -1.39. The van der Waals surface area contributed by atoms with Crippen molar-refractivity contribution in [2.75, 3.05) is 23.7 Å². The van der Waals surface area contributed by atoms with Gasteiger partial charge in [-0.3, -0.25) is 0 Å². The van der Waals surface area contributed by atoms with E-state index in [1.807, 2.05) is 6.92 Å². The Kier molecular flexibility index (Phi) is 5.56. The predicted molar refractivity (Wildman–Crippen MR) is 80.4 cm³/mol. The molecule has 0 aliphatic heterocycles. The van der Waals surface area contributed by atoms with E-state index in [9.17, 15) is 4.39 Å². The highest BCUT2D eigenvalue weighted by Crippen LogP contribution is 2.30. The molecule has 1 heterocycles. The Morgan fingerprint density at radius 3 is 2.50 bits per heavy atom. The number of hydrogen-bond donors (Lipinski definition) is 2. The van der Waals surface area contributed by atoms with Gasteiger partial charge in [0.1, 0.15) is 0 Å². The van der Waals surface area contributed by atoms with Crippen molar-refractivity contribution in [2.45, 2.75) is 46.0 Å². The molecule has 5 heteroatoms. The summed E-state index contributed by atoms with van der Waals surface area (Å²) in [5.74, 6) is 1.94. The fourth-order valence-electron chi connectivity index (χ4n) is 2.82. The summed E-state index contributed by atoms with van der Waals surface area (Å²) in [6, 6.07) is 0. The SMILES string of the molecule is CCNc1ncc(F)c(NCC2CCC(CC)CC2)n1. The van der Waals surface area contributed by atoms with Gasteiger partial charge in [0, 0.05) is 13.1 Å². The average Bonchev–Trinajstić information content (AvgIpc) is 2.48. The van der Waals surface area contributed by atoms with Crippen LogP contribution in [0.25, 0.3) is 0 Å². The summed E-state index contributed by atoms with van der Waals surface area (Å²) in [5.41, 5.74) is 0. The molecule has 4 nitrogen and oxygen atoms in total. The van der Waals surface area contributed by atoms with Crippen LogP contribution >= 0.6 is 0 Å². The van der Waals surface area contributed by atoms with Crippen molar-refractivity contribution >= 4 is 11.8 Å². The monoisotopic (exact) mass is 280 g/mol. The van der Waals surface area contributed by atoms with Crippen LogP contribution in [0.5, 0.6) is 0 Å². The van der Waals surface area contributed by atoms with Gasteiger partial charge in [0.05, 0.1) is 6.20 Å². The number of hydrogen-bond acceptors (Lipinski definition) is 4. The highest BCUT2D eigenvalue weighted by molar-refractivity contribution is 5.40. The van der Waals surface area contributed by atoms with Crippen molar-refractivity contribution in [3.63, 3.8) is 0 Å². The molecular weight excluding hydrogens is 255 g/mol. The van der Waals surface area contributed by atoms with E-state index >= 15 is 0 Å². The van der Waals surface area contributed by atoms with E-state index in [0.717, 1.165) is 19.0 Å². The van der Waals surface area contributed by atoms with Crippen LogP contribution < -0.4 is 10.6 Å². The lowest BCUT2D eigenvalue weighted by molar-refractivity contribution is 0.278. The number of halogens is 1.